The van der Waals surface area contributed by atoms with Gasteiger partial charge in [0.05, 0.1) is 0 Å². The molecule has 1 aromatic heterocycles. The molecule has 1 aromatic rings. The van der Waals surface area contributed by atoms with Crippen LogP contribution in [0, 0.1) is 11.7 Å². The molecule has 0 spiro atoms. The van der Waals surface area contributed by atoms with Crippen LogP contribution < -0.4 is 4.72 Å². The molecule has 0 atom stereocenters. The number of hydrogen-bond donors (Lipinski definition) is 1. The van der Waals surface area contributed by atoms with Gasteiger partial charge >= 0.3 is 0 Å². The Hall–Kier alpha value is -1.01. The zero-order valence-electron chi connectivity index (χ0n) is 9.27. The fourth-order valence-corrected chi connectivity index (χ4v) is 2.17. The Morgan fingerprint density at radius 2 is 2.19 bits per heavy atom. The third-order valence-electron chi connectivity index (χ3n) is 1.99. The van der Waals surface area contributed by atoms with Crippen LogP contribution in [-0.4, -0.2) is 19.9 Å². The van der Waals surface area contributed by atoms with Gasteiger partial charge in [0, 0.05) is 12.7 Å². The Morgan fingerprint density at radius 3 is 2.75 bits per heavy atom. The summed E-state index contributed by atoms with van der Waals surface area (Å²) in [7, 11) is -3.82. The van der Waals surface area contributed by atoms with Crippen LogP contribution in [0.3, 0.4) is 0 Å². The van der Waals surface area contributed by atoms with Crippen LogP contribution >= 0.6 is 0 Å². The molecule has 90 valence electrons. The first kappa shape index (κ1) is 13.1. The van der Waals surface area contributed by atoms with Gasteiger partial charge in [-0.25, -0.2) is 22.5 Å². The van der Waals surface area contributed by atoms with Gasteiger partial charge < -0.3 is 0 Å². The minimum atomic E-state index is -3.82. The number of pyridine rings is 1. The smallest absolute Gasteiger partial charge is 0.241 e. The van der Waals surface area contributed by atoms with Crippen molar-refractivity contribution in [1.29, 1.82) is 0 Å². The van der Waals surface area contributed by atoms with Crippen molar-refractivity contribution < 1.29 is 12.8 Å². The molecular formula is C10H15FN2O2S. The zero-order valence-corrected chi connectivity index (χ0v) is 10.1. The van der Waals surface area contributed by atoms with Gasteiger partial charge in [-0.05, 0) is 24.5 Å². The molecular weight excluding hydrogens is 231 g/mol. The van der Waals surface area contributed by atoms with Crippen LogP contribution in [-0.2, 0) is 10.0 Å². The van der Waals surface area contributed by atoms with E-state index in [0.29, 0.717) is 12.3 Å². The molecule has 1 N–H and O–H groups in total. The van der Waals surface area contributed by atoms with Crippen LogP contribution in [0.2, 0.25) is 0 Å². The van der Waals surface area contributed by atoms with E-state index in [4.69, 9.17) is 0 Å². The standard InChI is InChI=1S/C10H15FN2O2S/c1-8(2)5-7-13-16(14,15)10-9(11)4-3-6-12-10/h3-4,6,8,13H,5,7H2,1-2H3. The van der Waals surface area contributed by atoms with Crippen molar-refractivity contribution in [3.8, 4) is 0 Å². The van der Waals surface area contributed by atoms with Crippen molar-refractivity contribution >= 4 is 10.0 Å². The molecule has 16 heavy (non-hydrogen) atoms. The van der Waals surface area contributed by atoms with Crippen molar-refractivity contribution in [2.24, 2.45) is 5.92 Å². The van der Waals surface area contributed by atoms with E-state index in [1.807, 2.05) is 13.8 Å². The molecule has 0 saturated carbocycles. The first-order valence-electron chi connectivity index (χ1n) is 5.03. The maximum atomic E-state index is 13.2. The van der Waals surface area contributed by atoms with E-state index in [1.54, 1.807) is 0 Å². The van der Waals surface area contributed by atoms with Gasteiger partial charge in [0.25, 0.3) is 10.0 Å². The third-order valence-corrected chi connectivity index (χ3v) is 3.39. The summed E-state index contributed by atoms with van der Waals surface area (Å²) in [5.41, 5.74) is 0. The lowest BCUT2D eigenvalue weighted by atomic mass is 10.1. The Kier molecular flexibility index (Phi) is 4.37. The molecule has 1 heterocycles. The summed E-state index contributed by atoms with van der Waals surface area (Å²) < 4.78 is 38.7. The SMILES string of the molecule is CC(C)CCNS(=O)(=O)c1ncccc1F. The Bertz CT molecular complexity index is 446. The summed E-state index contributed by atoms with van der Waals surface area (Å²) in [5, 5.41) is -0.543. The van der Waals surface area contributed by atoms with Crippen LogP contribution in [0.4, 0.5) is 4.39 Å². The van der Waals surface area contributed by atoms with E-state index in [1.165, 1.54) is 12.3 Å². The molecule has 0 bridgehead atoms. The molecule has 6 heteroatoms. The highest BCUT2D eigenvalue weighted by atomic mass is 32.2. The van der Waals surface area contributed by atoms with Crippen LogP contribution in [0.15, 0.2) is 23.4 Å². The summed E-state index contributed by atoms with van der Waals surface area (Å²) in [6.45, 7) is 4.25. The molecule has 0 aliphatic carbocycles. The minimum Gasteiger partial charge on any atom is -0.241 e. The normalized spacial score (nSPS) is 12.0. The number of hydrogen-bond acceptors (Lipinski definition) is 3. The fourth-order valence-electron chi connectivity index (χ4n) is 1.12. The summed E-state index contributed by atoms with van der Waals surface area (Å²) in [6, 6.07) is 2.42. The highest BCUT2D eigenvalue weighted by molar-refractivity contribution is 7.89. The molecule has 1 rings (SSSR count). The topological polar surface area (TPSA) is 59.1 Å². The first-order chi connectivity index (χ1) is 7.43. The lowest BCUT2D eigenvalue weighted by Crippen LogP contribution is -2.27. The van der Waals surface area contributed by atoms with E-state index in [0.717, 1.165) is 6.07 Å². The molecule has 0 fully saturated rings. The quantitative estimate of drug-likeness (QED) is 0.857. The maximum Gasteiger partial charge on any atom is 0.261 e. The molecule has 0 amide bonds. The number of rotatable bonds is 5. The summed E-state index contributed by atoms with van der Waals surface area (Å²) in [4.78, 5) is 3.52. The van der Waals surface area contributed by atoms with Gasteiger partial charge in [-0.3, -0.25) is 0 Å². The van der Waals surface area contributed by atoms with E-state index < -0.39 is 20.9 Å². The Balaban J connectivity index is 2.75. The Morgan fingerprint density at radius 1 is 1.50 bits per heavy atom. The van der Waals surface area contributed by atoms with Crippen LogP contribution in [0.25, 0.3) is 0 Å². The van der Waals surface area contributed by atoms with Gasteiger partial charge in [-0.15, -0.1) is 0 Å². The van der Waals surface area contributed by atoms with Crippen molar-refractivity contribution in [1.82, 2.24) is 9.71 Å². The highest BCUT2D eigenvalue weighted by Gasteiger charge is 2.19. The molecule has 4 nitrogen and oxygen atoms in total. The second kappa shape index (κ2) is 5.36. The molecule has 0 saturated heterocycles. The Labute approximate surface area is 95.0 Å². The van der Waals surface area contributed by atoms with E-state index in [-0.39, 0.29) is 6.54 Å². The molecule has 0 radical (unpaired) electrons. The second-order valence-electron chi connectivity index (χ2n) is 3.87. The maximum absolute atomic E-state index is 13.2. The molecule has 0 aliphatic heterocycles. The predicted molar refractivity (Wildman–Crippen MR) is 58.8 cm³/mol. The lowest BCUT2D eigenvalue weighted by molar-refractivity contribution is 0.531. The highest BCUT2D eigenvalue weighted by Crippen LogP contribution is 2.09. The monoisotopic (exact) mass is 246 g/mol. The summed E-state index contributed by atoms with van der Waals surface area (Å²) in [6.07, 6.45) is 1.95. The van der Waals surface area contributed by atoms with Crippen molar-refractivity contribution in [3.63, 3.8) is 0 Å². The first-order valence-corrected chi connectivity index (χ1v) is 6.52. The predicted octanol–water partition coefficient (Wildman–Crippen LogP) is 1.55. The zero-order chi connectivity index (χ0) is 12.2. The summed E-state index contributed by atoms with van der Waals surface area (Å²) in [5.74, 6) is -0.448. The van der Waals surface area contributed by atoms with Crippen molar-refractivity contribution in [3.05, 3.63) is 24.1 Å². The molecule has 0 aliphatic rings. The number of nitrogens with zero attached hydrogens (tertiary/aromatic N) is 1. The van der Waals surface area contributed by atoms with E-state index >= 15 is 0 Å². The fraction of sp³-hybridized carbons (Fsp3) is 0.500. The van der Waals surface area contributed by atoms with Gasteiger partial charge in [0.1, 0.15) is 0 Å². The number of nitrogens with one attached hydrogen (secondary N) is 1. The molecule has 0 aromatic carbocycles. The van der Waals surface area contributed by atoms with Crippen molar-refractivity contribution in [2.75, 3.05) is 6.54 Å². The van der Waals surface area contributed by atoms with Crippen molar-refractivity contribution in [2.45, 2.75) is 25.3 Å². The van der Waals surface area contributed by atoms with E-state index in [9.17, 15) is 12.8 Å². The average Bonchev–Trinajstić information content (AvgIpc) is 2.17. The van der Waals surface area contributed by atoms with Gasteiger partial charge in [0.15, 0.2) is 5.82 Å². The lowest BCUT2D eigenvalue weighted by Gasteiger charge is -2.07. The van der Waals surface area contributed by atoms with Gasteiger partial charge in [-0.1, -0.05) is 13.8 Å². The number of halogens is 1. The molecule has 0 unspecified atom stereocenters. The third kappa shape index (κ3) is 3.53. The van der Waals surface area contributed by atoms with Gasteiger partial charge in [0.2, 0.25) is 5.03 Å². The average molecular weight is 246 g/mol. The minimum absolute atomic E-state index is 0.288. The summed E-state index contributed by atoms with van der Waals surface area (Å²) >= 11 is 0. The number of aromatic nitrogens is 1. The van der Waals surface area contributed by atoms with Crippen LogP contribution in [0.5, 0.6) is 0 Å². The van der Waals surface area contributed by atoms with Crippen LogP contribution in [0.1, 0.15) is 20.3 Å². The number of sulfonamides is 1. The van der Waals surface area contributed by atoms with Gasteiger partial charge in [-0.2, -0.15) is 0 Å². The largest absolute Gasteiger partial charge is 0.261 e. The second-order valence-corrected chi connectivity index (χ2v) is 5.55. The van der Waals surface area contributed by atoms with E-state index in [2.05, 4.69) is 9.71 Å².